The molecule has 0 aliphatic heterocycles. The average Bonchev–Trinajstić information content (AvgIpc) is 2.22. The van der Waals surface area contributed by atoms with Crippen molar-refractivity contribution in [2.75, 3.05) is 0 Å². The van der Waals surface area contributed by atoms with Gasteiger partial charge in [0.15, 0.2) is 0 Å². The second-order valence-corrected chi connectivity index (χ2v) is 6.23. The van der Waals surface area contributed by atoms with Gasteiger partial charge in [-0.05, 0) is 43.2 Å². The maximum absolute atomic E-state index is 7.36. The Labute approximate surface area is 102 Å². The molecule has 0 saturated heterocycles. The third kappa shape index (κ3) is 3.77. The van der Waals surface area contributed by atoms with Crippen LogP contribution in [0.2, 0.25) is 0 Å². The fraction of sp³-hybridized carbons (Fsp3) is 0.800. The van der Waals surface area contributed by atoms with E-state index in [1.807, 2.05) is 0 Å². The fourth-order valence-corrected chi connectivity index (χ4v) is 1.93. The molecule has 1 N–H and O–H groups in total. The Bertz CT molecular complexity index is 268. The van der Waals surface area contributed by atoms with Crippen LogP contribution in [0.3, 0.4) is 0 Å². The van der Waals surface area contributed by atoms with Crippen molar-refractivity contribution >= 4 is 6.21 Å². The number of allylic oxidation sites excluding steroid dienone is 2. The highest BCUT2D eigenvalue weighted by Crippen LogP contribution is 2.34. The first kappa shape index (κ1) is 15.4. The molecule has 0 aliphatic rings. The van der Waals surface area contributed by atoms with Crippen LogP contribution < -0.4 is 0 Å². The molecule has 0 saturated carbocycles. The van der Waals surface area contributed by atoms with Crippen LogP contribution in [0.25, 0.3) is 0 Å². The van der Waals surface area contributed by atoms with Gasteiger partial charge in [-0.1, -0.05) is 52.7 Å². The van der Waals surface area contributed by atoms with E-state index in [1.165, 1.54) is 11.1 Å². The Morgan fingerprint density at radius 1 is 1.06 bits per heavy atom. The first-order valence-electron chi connectivity index (χ1n) is 6.31. The summed E-state index contributed by atoms with van der Waals surface area (Å²) in [6, 6.07) is 0. The van der Waals surface area contributed by atoms with Crippen molar-refractivity contribution in [1.82, 2.24) is 0 Å². The predicted octanol–water partition coefficient (Wildman–Crippen LogP) is 4.93. The van der Waals surface area contributed by atoms with E-state index in [1.54, 1.807) is 6.21 Å². The molecule has 0 aromatic heterocycles. The summed E-state index contributed by atoms with van der Waals surface area (Å²) in [6.07, 6.45) is 1.57. The summed E-state index contributed by atoms with van der Waals surface area (Å²) >= 11 is 0. The molecule has 1 heteroatoms. The zero-order chi connectivity index (χ0) is 13.1. The lowest BCUT2D eigenvalue weighted by Gasteiger charge is -2.30. The Balaban J connectivity index is 4.99. The van der Waals surface area contributed by atoms with E-state index in [9.17, 15) is 0 Å². The summed E-state index contributed by atoms with van der Waals surface area (Å²) in [5, 5.41) is 7.36. The van der Waals surface area contributed by atoms with Crippen molar-refractivity contribution in [3.8, 4) is 0 Å². The monoisotopic (exact) mass is 223 g/mol. The summed E-state index contributed by atoms with van der Waals surface area (Å²) < 4.78 is 0. The maximum Gasteiger partial charge on any atom is -0.00166 e. The van der Waals surface area contributed by atoms with Crippen LogP contribution in [0.1, 0.15) is 55.4 Å². The van der Waals surface area contributed by atoms with Crippen molar-refractivity contribution in [3.63, 3.8) is 0 Å². The summed E-state index contributed by atoms with van der Waals surface area (Å²) in [7, 11) is 0. The number of hydrogen-bond donors (Lipinski definition) is 1. The largest absolute Gasteiger partial charge is 0.313 e. The van der Waals surface area contributed by atoms with Gasteiger partial charge in [0.1, 0.15) is 0 Å². The minimum Gasteiger partial charge on any atom is -0.313 e. The lowest BCUT2D eigenvalue weighted by atomic mass is 9.76. The zero-order valence-corrected chi connectivity index (χ0v) is 12.3. The minimum atomic E-state index is 0.256. The molecular formula is C15H29N. The summed E-state index contributed by atoms with van der Waals surface area (Å²) in [4.78, 5) is 0. The zero-order valence-electron chi connectivity index (χ0n) is 12.3. The molecular weight excluding hydrogens is 194 g/mol. The van der Waals surface area contributed by atoms with Gasteiger partial charge >= 0.3 is 0 Å². The molecule has 3 atom stereocenters. The van der Waals surface area contributed by atoms with E-state index in [0.717, 1.165) is 0 Å². The second-order valence-electron chi connectivity index (χ2n) is 6.23. The van der Waals surface area contributed by atoms with Crippen molar-refractivity contribution in [3.05, 3.63) is 11.1 Å². The molecule has 1 nitrogen and oxygen atoms in total. The van der Waals surface area contributed by atoms with Crippen molar-refractivity contribution in [2.24, 2.45) is 23.2 Å². The summed E-state index contributed by atoms with van der Waals surface area (Å²) in [5.74, 6) is 1.45. The van der Waals surface area contributed by atoms with Crippen LogP contribution in [0, 0.1) is 28.6 Å². The minimum absolute atomic E-state index is 0.256. The molecule has 0 aromatic carbocycles. The van der Waals surface area contributed by atoms with Gasteiger partial charge in [-0.15, -0.1) is 0 Å². The molecule has 16 heavy (non-hydrogen) atoms. The van der Waals surface area contributed by atoms with Crippen LogP contribution in [0.15, 0.2) is 11.1 Å². The highest BCUT2D eigenvalue weighted by molar-refractivity contribution is 5.56. The van der Waals surface area contributed by atoms with Gasteiger partial charge in [-0.25, -0.2) is 0 Å². The van der Waals surface area contributed by atoms with E-state index in [2.05, 4.69) is 55.4 Å². The molecule has 0 spiro atoms. The molecule has 0 aromatic rings. The topological polar surface area (TPSA) is 23.9 Å². The van der Waals surface area contributed by atoms with Crippen molar-refractivity contribution < 1.29 is 0 Å². The molecule has 0 bridgehead atoms. The first-order chi connectivity index (χ1) is 7.12. The van der Waals surface area contributed by atoms with E-state index >= 15 is 0 Å². The van der Waals surface area contributed by atoms with Gasteiger partial charge < -0.3 is 5.41 Å². The van der Waals surface area contributed by atoms with Gasteiger partial charge in [0.25, 0.3) is 0 Å². The lowest BCUT2D eigenvalue weighted by Crippen LogP contribution is -2.21. The van der Waals surface area contributed by atoms with Gasteiger partial charge in [0.2, 0.25) is 0 Å². The number of nitrogens with one attached hydrogen (secondary N) is 1. The van der Waals surface area contributed by atoms with Gasteiger partial charge in [-0.2, -0.15) is 0 Å². The van der Waals surface area contributed by atoms with Crippen LogP contribution in [0.5, 0.6) is 0 Å². The standard InChI is InChI=1S/C15H29N/c1-10(9-16)11(2)12(3)13(4)14(5)15(6,7)8/h9-12,16H,1-8H3/b14-13+,16-9?. The third-order valence-electron chi connectivity index (χ3n) is 4.28. The Morgan fingerprint density at radius 3 is 1.81 bits per heavy atom. The summed E-state index contributed by atoms with van der Waals surface area (Å²) in [5.41, 5.74) is 3.24. The Morgan fingerprint density at radius 2 is 1.50 bits per heavy atom. The van der Waals surface area contributed by atoms with Crippen LogP contribution >= 0.6 is 0 Å². The quantitative estimate of drug-likeness (QED) is 0.516. The first-order valence-corrected chi connectivity index (χ1v) is 6.31. The molecule has 0 aliphatic carbocycles. The Hall–Kier alpha value is -0.590. The highest BCUT2D eigenvalue weighted by atomic mass is 14.4. The molecule has 0 amide bonds. The molecule has 3 unspecified atom stereocenters. The van der Waals surface area contributed by atoms with Gasteiger partial charge in [0, 0.05) is 0 Å². The SMILES string of the molecule is C/C(=C(/C)C(C)(C)C)C(C)C(C)C(C)C=N. The van der Waals surface area contributed by atoms with E-state index in [-0.39, 0.29) is 5.41 Å². The van der Waals surface area contributed by atoms with Crippen LogP contribution in [0.4, 0.5) is 0 Å². The van der Waals surface area contributed by atoms with Crippen LogP contribution in [-0.4, -0.2) is 6.21 Å². The molecule has 94 valence electrons. The highest BCUT2D eigenvalue weighted by Gasteiger charge is 2.23. The van der Waals surface area contributed by atoms with E-state index in [4.69, 9.17) is 5.41 Å². The van der Waals surface area contributed by atoms with Gasteiger partial charge in [-0.3, -0.25) is 0 Å². The lowest BCUT2D eigenvalue weighted by molar-refractivity contribution is 0.367. The smallest absolute Gasteiger partial charge is 0.00166 e. The van der Waals surface area contributed by atoms with Crippen molar-refractivity contribution in [2.45, 2.75) is 55.4 Å². The Kier molecular flexibility index (Phi) is 5.44. The number of hydrogen-bond acceptors (Lipinski definition) is 1. The second kappa shape index (κ2) is 5.65. The summed E-state index contributed by atoms with van der Waals surface area (Å²) in [6.45, 7) is 18.0. The van der Waals surface area contributed by atoms with E-state index in [0.29, 0.717) is 17.8 Å². The normalized spacial score (nSPS) is 19.8. The molecule has 0 heterocycles. The fourth-order valence-electron chi connectivity index (χ4n) is 1.93. The number of rotatable bonds is 4. The van der Waals surface area contributed by atoms with Crippen LogP contribution in [-0.2, 0) is 0 Å². The molecule has 0 radical (unpaired) electrons. The van der Waals surface area contributed by atoms with Gasteiger partial charge in [0.05, 0.1) is 0 Å². The third-order valence-corrected chi connectivity index (χ3v) is 4.28. The average molecular weight is 223 g/mol. The maximum atomic E-state index is 7.36. The molecule has 0 fully saturated rings. The van der Waals surface area contributed by atoms with E-state index < -0.39 is 0 Å². The molecule has 0 rings (SSSR count). The van der Waals surface area contributed by atoms with Crippen molar-refractivity contribution in [1.29, 1.82) is 5.41 Å². The predicted molar refractivity (Wildman–Crippen MR) is 74.1 cm³/mol.